The molecule has 1 amide bonds. The smallest absolute Gasteiger partial charge is 0.335 e. The predicted octanol–water partition coefficient (Wildman–Crippen LogP) is 1.71. The van der Waals surface area contributed by atoms with Crippen molar-refractivity contribution in [1.82, 2.24) is 29.4 Å². The lowest BCUT2D eigenvalue weighted by molar-refractivity contribution is -0.0592. The van der Waals surface area contributed by atoms with Crippen LogP contribution in [-0.4, -0.2) is 85.3 Å². The van der Waals surface area contributed by atoms with E-state index < -0.39 is 11.9 Å². The Morgan fingerprint density at radius 1 is 1.05 bits per heavy atom. The van der Waals surface area contributed by atoms with Crippen LogP contribution in [0.2, 0.25) is 0 Å². The Morgan fingerprint density at radius 2 is 1.83 bits per heavy atom. The number of imidazole rings is 1. The van der Waals surface area contributed by atoms with Crippen LogP contribution in [0.3, 0.4) is 0 Å². The summed E-state index contributed by atoms with van der Waals surface area (Å²) in [5.41, 5.74) is 7.33. The van der Waals surface area contributed by atoms with Crippen molar-refractivity contribution in [2.75, 3.05) is 37.7 Å². The summed E-state index contributed by atoms with van der Waals surface area (Å²) in [5, 5.41) is 9.49. The summed E-state index contributed by atoms with van der Waals surface area (Å²) in [6.45, 7) is 5.38. The highest BCUT2D eigenvalue weighted by Gasteiger charge is 2.25. The Labute approximate surface area is 235 Å². The molecule has 212 valence electrons. The van der Waals surface area contributed by atoms with Crippen LogP contribution in [0.25, 0.3) is 11.0 Å². The van der Waals surface area contributed by atoms with Gasteiger partial charge in [0.2, 0.25) is 5.88 Å². The van der Waals surface area contributed by atoms with Gasteiger partial charge in [-0.05, 0) is 30.7 Å². The number of rotatable bonds is 10. The van der Waals surface area contributed by atoms with Gasteiger partial charge in [0.1, 0.15) is 18.2 Å². The van der Waals surface area contributed by atoms with Gasteiger partial charge in [-0.1, -0.05) is 6.07 Å². The van der Waals surface area contributed by atoms with Gasteiger partial charge >= 0.3 is 5.97 Å². The fraction of sp³-hybridized carbons (Fsp3) is 0.357. The summed E-state index contributed by atoms with van der Waals surface area (Å²) in [6.07, 6.45) is 3.86. The summed E-state index contributed by atoms with van der Waals surface area (Å²) in [4.78, 5) is 45.1. The molecule has 41 heavy (non-hydrogen) atoms. The lowest BCUT2D eigenvalue weighted by Gasteiger charge is -2.35. The highest BCUT2D eigenvalue weighted by molar-refractivity contribution is 5.92. The largest absolute Gasteiger partial charge is 0.478 e. The summed E-state index contributed by atoms with van der Waals surface area (Å²) in [5.74, 6) is 1.08. The summed E-state index contributed by atoms with van der Waals surface area (Å²) in [6, 6.07) is 10.7. The number of carboxylic acids is 1. The predicted molar refractivity (Wildman–Crippen MR) is 148 cm³/mol. The summed E-state index contributed by atoms with van der Waals surface area (Å²) >= 11 is 0. The molecule has 3 N–H and O–H groups in total. The summed E-state index contributed by atoms with van der Waals surface area (Å²) in [7, 11) is 0. The molecule has 0 unspecified atom stereocenters. The molecule has 0 spiro atoms. The number of hydrogen-bond donors (Lipinski definition) is 2. The molecule has 1 atom stereocenters. The lowest BCUT2D eigenvalue weighted by Crippen LogP contribution is -2.46. The zero-order valence-electron chi connectivity index (χ0n) is 22.3. The average Bonchev–Trinajstić information content (AvgIpc) is 3.30. The number of nitrogens with zero attached hydrogens (tertiary/aromatic N) is 7. The Kier molecular flexibility index (Phi) is 7.44. The van der Waals surface area contributed by atoms with Gasteiger partial charge in [0.25, 0.3) is 5.91 Å². The van der Waals surface area contributed by atoms with Crippen molar-refractivity contribution in [3.05, 3.63) is 71.6 Å². The van der Waals surface area contributed by atoms with Crippen LogP contribution in [0, 0.1) is 0 Å². The third kappa shape index (κ3) is 5.95. The number of nitrogens with two attached hydrogens (primary N) is 1. The molecule has 13 heteroatoms. The minimum absolute atomic E-state index is 0.115. The topological polar surface area (TPSA) is 162 Å². The second-order valence-electron chi connectivity index (χ2n) is 10.1. The number of carbonyl (C=O) groups excluding carboxylic acids is 1. The number of carboxylic acid groups (broad SMARTS) is 1. The van der Waals surface area contributed by atoms with E-state index in [1.54, 1.807) is 24.3 Å². The van der Waals surface area contributed by atoms with Gasteiger partial charge in [-0.2, -0.15) is 4.98 Å². The quantitative estimate of drug-likeness (QED) is 0.291. The molecule has 1 aromatic carbocycles. The number of benzene rings is 1. The van der Waals surface area contributed by atoms with E-state index in [1.807, 2.05) is 12.1 Å². The van der Waals surface area contributed by atoms with Gasteiger partial charge in [0.15, 0.2) is 5.82 Å². The van der Waals surface area contributed by atoms with Gasteiger partial charge in [0.05, 0.1) is 41.4 Å². The Balaban J connectivity index is 1.09. The number of aromatic nitrogens is 5. The molecule has 0 radical (unpaired) electrons. The van der Waals surface area contributed by atoms with E-state index >= 15 is 0 Å². The first-order valence-electron chi connectivity index (χ1n) is 13.4. The van der Waals surface area contributed by atoms with Crippen LogP contribution in [0.4, 0.5) is 5.82 Å². The van der Waals surface area contributed by atoms with Gasteiger partial charge < -0.3 is 29.8 Å². The molecule has 6 rings (SSSR count). The first-order chi connectivity index (χ1) is 19.9. The molecular weight excluding hydrogens is 528 g/mol. The average molecular weight is 559 g/mol. The first kappa shape index (κ1) is 26.6. The molecule has 3 aromatic heterocycles. The zero-order valence-corrected chi connectivity index (χ0v) is 22.3. The second kappa shape index (κ2) is 11.5. The highest BCUT2D eigenvalue weighted by atomic mass is 16.5. The molecule has 2 aliphatic rings. The fourth-order valence-corrected chi connectivity index (χ4v) is 4.95. The molecule has 13 nitrogen and oxygen atoms in total. The number of ether oxygens (including phenoxy) is 2. The minimum Gasteiger partial charge on any atom is -0.478 e. The molecule has 0 bridgehead atoms. The second-order valence-corrected chi connectivity index (χ2v) is 10.1. The monoisotopic (exact) mass is 558 g/mol. The van der Waals surface area contributed by atoms with Crippen molar-refractivity contribution >= 4 is 28.7 Å². The molecule has 0 saturated carbocycles. The number of anilines is 1. The van der Waals surface area contributed by atoms with E-state index in [0.29, 0.717) is 24.8 Å². The minimum atomic E-state index is -0.951. The van der Waals surface area contributed by atoms with Gasteiger partial charge in [-0.3, -0.25) is 9.69 Å². The van der Waals surface area contributed by atoms with E-state index in [9.17, 15) is 14.7 Å². The molecule has 5 heterocycles. The number of pyridine rings is 1. The number of fused-ring (bicyclic) bond motifs is 1. The maximum Gasteiger partial charge on any atom is 0.335 e. The van der Waals surface area contributed by atoms with E-state index in [2.05, 4.69) is 29.3 Å². The third-order valence-electron chi connectivity index (χ3n) is 7.36. The van der Waals surface area contributed by atoms with Crippen molar-refractivity contribution in [3.8, 4) is 5.88 Å². The van der Waals surface area contributed by atoms with E-state index in [0.717, 1.165) is 61.9 Å². The molecule has 0 aliphatic carbocycles. The van der Waals surface area contributed by atoms with Gasteiger partial charge in [0, 0.05) is 51.2 Å². The van der Waals surface area contributed by atoms with Crippen molar-refractivity contribution in [2.45, 2.75) is 32.2 Å². The zero-order chi connectivity index (χ0) is 28.3. The Bertz CT molecular complexity index is 1560. The number of carbonyl (C=O) groups is 2. The maximum absolute atomic E-state index is 11.6. The molecule has 2 aliphatic heterocycles. The van der Waals surface area contributed by atoms with E-state index in [1.165, 1.54) is 12.4 Å². The van der Waals surface area contributed by atoms with Crippen LogP contribution in [-0.2, 0) is 24.4 Å². The van der Waals surface area contributed by atoms with Crippen molar-refractivity contribution in [2.24, 2.45) is 5.73 Å². The van der Waals surface area contributed by atoms with Gasteiger partial charge in [-0.25, -0.2) is 19.7 Å². The number of amides is 1. The Hall–Kier alpha value is -4.62. The number of piperazine rings is 1. The van der Waals surface area contributed by atoms with Crippen LogP contribution in [0.15, 0.2) is 48.8 Å². The van der Waals surface area contributed by atoms with Crippen LogP contribution in [0.1, 0.15) is 38.8 Å². The van der Waals surface area contributed by atoms with Crippen molar-refractivity contribution < 1.29 is 24.2 Å². The number of hydrogen-bond acceptors (Lipinski definition) is 10. The van der Waals surface area contributed by atoms with Crippen LogP contribution >= 0.6 is 0 Å². The molecule has 2 saturated heterocycles. The Morgan fingerprint density at radius 3 is 2.51 bits per heavy atom. The lowest BCUT2D eigenvalue weighted by atomic mass is 10.1. The highest BCUT2D eigenvalue weighted by Crippen LogP contribution is 2.24. The summed E-state index contributed by atoms with van der Waals surface area (Å²) < 4.78 is 13.6. The molecule has 2 fully saturated rings. The van der Waals surface area contributed by atoms with Crippen LogP contribution < -0.4 is 15.4 Å². The maximum atomic E-state index is 11.6. The SMILES string of the molecule is NC(=O)c1cnc(COc2cccc(N3CCN(Cc4nc5ccc(C(=O)O)cc5n4C[C@@H]4CCO4)CC3)n2)nc1. The van der Waals surface area contributed by atoms with Crippen molar-refractivity contribution in [3.63, 3.8) is 0 Å². The molecule has 4 aromatic rings. The first-order valence-corrected chi connectivity index (χ1v) is 13.4. The normalized spacial score (nSPS) is 17.4. The van der Waals surface area contributed by atoms with Crippen molar-refractivity contribution in [1.29, 1.82) is 0 Å². The third-order valence-corrected chi connectivity index (χ3v) is 7.36. The fourth-order valence-electron chi connectivity index (χ4n) is 4.95. The van der Waals surface area contributed by atoms with E-state index in [4.69, 9.17) is 20.2 Å². The molecular formula is C28H30N8O5. The van der Waals surface area contributed by atoms with Crippen LogP contribution in [0.5, 0.6) is 5.88 Å². The van der Waals surface area contributed by atoms with E-state index in [-0.39, 0.29) is 23.8 Å². The number of primary amides is 1. The standard InChI is InChI=1S/C28H30N8O5/c29-27(37)19-13-30-23(31-14-19)17-41-26-3-1-2-24(33-26)35-9-7-34(8-10-35)16-25-32-21-5-4-18(28(38)39)12-22(21)36(25)15-20-6-11-40-20/h1-5,12-14,20H,6-11,15-17H2,(H2,29,37)(H,38,39)/t20-/m0/s1. The van der Waals surface area contributed by atoms with Gasteiger partial charge in [-0.15, -0.1) is 0 Å². The number of aromatic carboxylic acids is 1.